The molecule has 0 saturated carbocycles. The summed E-state index contributed by atoms with van der Waals surface area (Å²) in [6, 6.07) is 8.94. The molecule has 0 saturated heterocycles. The van der Waals surface area contributed by atoms with Crippen molar-refractivity contribution < 1.29 is 22.5 Å². The summed E-state index contributed by atoms with van der Waals surface area (Å²) in [7, 11) is 1.63. The summed E-state index contributed by atoms with van der Waals surface area (Å²) in [6.45, 7) is 5.46. The van der Waals surface area contributed by atoms with E-state index in [1.807, 2.05) is 18.4 Å². The minimum Gasteiger partial charge on any atom is -0.360 e. The van der Waals surface area contributed by atoms with Gasteiger partial charge in [0.05, 0.1) is 12.1 Å². The second-order valence-corrected chi connectivity index (χ2v) is 7.17. The number of ketones is 1. The Balaban J connectivity index is 1.78. The van der Waals surface area contributed by atoms with E-state index in [1.165, 1.54) is 12.1 Å². The lowest BCUT2D eigenvalue weighted by Crippen LogP contribution is -2.27. The third kappa shape index (κ3) is 4.42. The fraction of sp³-hybridized carbons (Fsp3) is 0.333. The van der Waals surface area contributed by atoms with Crippen LogP contribution in [0.3, 0.4) is 0 Å². The van der Waals surface area contributed by atoms with Gasteiger partial charge in [0, 0.05) is 29.6 Å². The topological polar surface area (TPSA) is 51.3 Å². The number of benzene rings is 1. The standard InChI is InChI=1S/C21H22F3N3O2/c1-13-9-17(15(3)27(13)20-10-14(2)29-25-20)19(28)12-26(4)11-16-7-5-6-8-18(16)21(22,23)24/h5-10H,11-12H2,1-4H3. The van der Waals surface area contributed by atoms with Crippen molar-refractivity contribution in [2.45, 2.75) is 33.5 Å². The highest BCUT2D eigenvalue weighted by molar-refractivity contribution is 5.99. The maximum absolute atomic E-state index is 13.2. The summed E-state index contributed by atoms with van der Waals surface area (Å²) < 4.78 is 46.5. The molecule has 3 rings (SSSR count). The zero-order chi connectivity index (χ0) is 21.3. The lowest BCUT2D eigenvalue weighted by Gasteiger charge is -2.19. The number of hydrogen-bond acceptors (Lipinski definition) is 4. The number of hydrogen-bond donors (Lipinski definition) is 0. The molecule has 0 N–H and O–H groups in total. The Morgan fingerprint density at radius 3 is 2.48 bits per heavy atom. The van der Waals surface area contributed by atoms with Crippen LogP contribution < -0.4 is 0 Å². The number of carbonyl (C=O) groups excluding carboxylic acids is 1. The lowest BCUT2D eigenvalue weighted by atomic mass is 10.1. The largest absolute Gasteiger partial charge is 0.416 e. The van der Waals surface area contributed by atoms with Crippen LogP contribution in [-0.2, 0) is 12.7 Å². The van der Waals surface area contributed by atoms with Crippen molar-refractivity contribution in [2.75, 3.05) is 13.6 Å². The first-order chi connectivity index (χ1) is 13.6. The molecule has 29 heavy (non-hydrogen) atoms. The van der Waals surface area contributed by atoms with Crippen molar-refractivity contribution in [3.05, 3.63) is 70.2 Å². The van der Waals surface area contributed by atoms with Gasteiger partial charge < -0.3 is 4.52 Å². The summed E-state index contributed by atoms with van der Waals surface area (Å²) >= 11 is 0. The van der Waals surface area contributed by atoms with Gasteiger partial charge in [0.25, 0.3) is 0 Å². The van der Waals surface area contributed by atoms with Crippen molar-refractivity contribution in [3.8, 4) is 5.82 Å². The molecule has 0 unspecified atom stereocenters. The fourth-order valence-corrected chi connectivity index (χ4v) is 3.47. The zero-order valence-electron chi connectivity index (χ0n) is 16.7. The number of aromatic nitrogens is 2. The van der Waals surface area contributed by atoms with Gasteiger partial charge >= 0.3 is 6.18 Å². The van der Waals surface area contributed by atoms with E-state index in [0.29, 0.717) is 22.8 Å². The molecule has 0 amide bonds. The van der Waals surface area contributed by atoms with E-state index >= 15 is 0 Å². The van der Waals surface area contributed by atoms with Gasteiger partial charge in [-0.25, -0.2) is 0 Å². The van der Waals surface area contributed by atoms with Gasteiger partial charge in [-0.2, -0.15) is 13.2 Å². The van der Waals surface area contributed by atoms with Crippen LogP contribution in [0.25, 0.3) is 5.82 Å². The van der Waals surface area contributed by atoms with Crippen LogP contribution in [0.1, 0.15) is 38.6 Å². The highest BCUT2D eigenvalue weighted by Crippen LogP contribution is 2.32. The summed E-state index contributed by atoms with van der Waals surface area (Å²) in [4.78, 5) is 14.4. The molecule has 0 bridgehead atoms. The van der Waals surface area contributed by atoms with E-state index in [2.05, 4.69) is 5.16 Å². The third-order valence-electron chi connectivity index (χ3n) is 4.75. The number of rotatable bonds is 6. The molecule has 0 atom stereocenters. The van der Waals surface area contributed by atoms with Gasteiger partial charge in [-0.1, -0.05) is 23.4 Å². The molecular formula is C21H22F3N3O2. The molecule has 0 aliphatic heterocycles. The number of likely N-dealkylation sites (N-methyl/N-ethyl adjacent to an activating group) is 1. The highest BCUT2D eigenvalue weighted by Gasteiger charge is 2.33. The Morgan fingerprint density at radius 1 is 1.17 bits per heavy atom. The minimum absolute atomic E-state index is 0.00563. The van der Waals surface area contributed by atoms with E-state index in [4.69, 9.17) is 4.52 Å². The van der Waals surface area contributed by atoms with Crippen LogP contribution >= 0.6 is 0 Å². The minimum atomic E-state index is -4.43. The molecule has 0 spiro atoms. The summed E-state index contributed by atoms with van der Waals surface area (Å²) in [5, 5.41) is 3.99. The molecular weight excluding hydrogens is 383 g/mol. The fourth-order valence-electron chi connectivity index (χ4n) is 3.47. The predicted octanol–water partition coefficient (Wildman–Crippen LogP) is 4.72. The number of Topliss-reactive ketones (excluding diaryl/α,β-unsaturated/α-hetero) is 1. The van der Waals surface area contributed by atoms with Crippen LogP contribution in [0.5, 0.6) is 0 Å². The Morgan fingerprint density at radius 2 is 1.86 bits per heavy atom. The number of aryl methyl sites for hydroxylation is 2. The van der Waals surface area contributed by atoms with Crippen molar-refractivity contribution in [3.63, 3.8) is 0 Å². The van der Waals surface area contributed by atoms with Crippen LogP contribution in [0.15, 0.2) is 40.9 Å². The molecule has 0 radical (unpaired) electrons. The molecule has 1 aromatic carbocycles. The van der Waals surface area contributed by atoms with Crippen molar-refractivity contribution in [1.29, 1.82) is 0 Å². The zero-order valence-corrected chi connectivity index (χ0v) is 16.7. The summed E-state index contributed by atoms with van der Waals surface area (Å²) in [6.07, 6.45) is -4.43. The van der Waals surface area contributed by atoms with Gasteiger partial charge in [-0.05, 0) is 45.5 Å². The molecule has 0 aliphatic rings. The smallest absolute Gasteiger partial charge is 0.360 e. The predicted molar refractivity (Wildman–Crippen MR) is 102 cm³/mol. The SMILES string of the molecule is Cc1cc(-n2c(C)cc(C(=O)CN(C)Cc3ccccc3C(F)(F)F)c2C)no1. The van der Waals surface area contributed by atoms with Crippen LogP contribution in [0, 0.1) is 20.8 Å². The second kappa shape index (κ2) is 7.87. The average Bonchev–Trinajstić information content (AvgIpc) is 3.17. The first-order valence-electron chi connectivity index (χ1n) is 9.07. The maximum Gasteiger partial charge on any atom is 0.416 e. The van der Waals surface area contributed by atoms with Gasteiger partial charge in [0.2, 0.25) is 0 Å². The normalized spacial score (nSPS) is 12.0. The van der Waals surface area contributed by atoms with E-state index < -0.39 is 11.7 Å². The van der Waals surface area contributed by atoms with Crippen molar-refractivity contribution in [1.82, 2.24) is 14.6 Å². The van der Waals surface area contributed by atoms with Gasteiger partial charge in [0.1, 0.15) is 5.76 Å². The number of nitrogens with zero attached hydrogens (tertiary/aromatic N) is 3. The maximum atomic E-state index is 13.2. The van der Waals surface area contributed by atoms with Gasteiger partial charge in [0.15, 0.2) is 11.6 Å². The Kier molecular flexibility index (Phi) is 5.66. The number of alkyl halides is 3. The van der Waals surface area contributed by atoms with E-state index in [-0.39, 0.29) is 24.4 Å². The quantitative estimate of drug-likeness (QED) is 0.557. The lowest BCUT2D eigenvalue weighted by molar-refractivity contribution is -0.138. The van der Waals surface area contributed by atoms with E-state index in [9.17, 15) is 18.0 Å². The van der Waals surface area contributed by atoms with Crippen molar-refractivity contribution in [2.24, 2.45) is 0 Å². The van der Waals surface area contributed by atoms with Crippen molar-refractivity contribution >= 4 is 5.78 Å². The molecule has 0 aliphatic carbocycles. The van der Waals surface area contributed by atoms with E-state index in [0.717, 1.165) is 11.8 Å². The van der Waals surface area contributed by atoms with E-state index in [1.54, 1.807) is 37.1 Å². The number of carbonyl (C=O) groups is 1. The third-order valence-corrected chi connectivity index (χ3v) is 4.75. The average molecular weight is 405 g/mol. The molecule has 154 valence electrons. The second-order valence-electron chi connectivity index (χ2n) is 7.17. The molecule has 5 nitrogen and oxygen atoms in total. The first kappa shape index (κ1) is 20.9. The number of halogens is 3. The molecule has 2 aromatic heterocycles. The Labute approximate surface area is 166 Å². The molecule has 2 heterocycles. The Bertz CT molecular complexity index is 1030. The van der Waals surface area contributed by atoms with Crippen LogP contribution in [0.2, 0.25) is 0 Å². The van der Waals surface area contributed by atoms with Gasteiger partial charge in [-0.15, -0.1) is 0 Å². The first-order valence-corrected chi connectivity index (χ1v) is 9.07. The molecule has 8 heteroatoms. The highest BCUT2D eigenvalue weighted by atomic mass is 19.4. The van der Waals surface area contributed by atoms with Crippen LogP contribution in [-0.4, -0.2) is 34.0 Å². The summed E-state index contributed by atoms with van der Waals surface area (Å²) in [5.41, 5.74) is 1.51. The Hall–Kier alpha value is -2.87. The molecule has 3 aromatic rings. The van der Waals surface area contributed by atoms with Gasteiger partial charge in [-0.3, -0.25) is 14.3 Å². The summed E-state index contributed by atoms with van der Waals surface area (Å²) in [5.74, 6) is 1.07. The monoisotopic (exact) mass is 405 g/mol. The van der Waals surface area contributed by atoms with Crippen LogP contribution in [0.4, 0.5) is 13.2 Å². The molecule has 0 fully saturated rings.